The van der Waals surface area contributed by atoms with Gasteiger partial charge in [-0.3, -0.25) is 4.79 Å². The zero-order valence-electron chi connectivity index (χ0n) is 33.9. The van der Waals surface area contributed by atoms with Gasteiger partial charge in [0.25, 0.3) is 0 Å². The van der Waals surface area contributed by atoms with Gasteiger partial charge in [-0.05, 0) is 118 Å². The third kappa shape index (κ3) is 15.7. The molecular weight excluding hydrogens is 1300 g/mol. The molecule has 7 nitrogen and oxygen atoms in total. The van der Waals surface area contributed by atoms with Gasteiger partial charge in [-0.15, -0.1) is 0 Å². The van der Waals surface area contributed by atoms with Crippen molar-refractivity contribution in [1.82, 2.24) is 0 Å². The van der Waals surface area contributed by atoms with Crippen LogP contribution in [0.3, 0.4) is 0 Å². The van der Waals surface area contributed by atoms with Crippen molar-refractivity contribution in [3.63, 3.8) is 0 Å². The number of benzene rings is 4. The summed E-state index contributed by atoms with van der Waals surface area (Å²) in [7, 11) is 0. The number of ether oxygens (including phenoxy) is 3. The van der Waals surface area contributed by atoms with Gasteiger partial charge < -0.3 is 19.9 Å². The fraction of sp³-hybridized carbons (Fsp3) is 0.413. The van der Waals surface area contributed by atoms with E-state index in [0.717, 1.165) is 60.8 Å². The summed E-state index contributed by atoms with van der Waals surface area (Å²) in [6, 6.07) is 32.0. The van der Waals surface area contributed by atoms with Crippen LogP contribution in [0.5, 0.6) is 0 Å². The van der Waals surface area contributed by atoms with Crippen molar-refractivity contribution >= 4 is 92.4 Å². The number of carbonyl (C=O) groups is 3. The van der Waals surface area contributed by atoms with Crippen LogP contribution in [0.1, 0.15) is 124 Å². The zero-order chi connectivity index (χ0) is 42.8. The number of nitrogens with two attached hydrogens (primary N) is 1. The Balaban J connectivity index is 0.000000287. The summed E-state index contributed by atoms with van der Waals surface area (Å²) in [6.07, 6.45) is 9.31. The molecule has 4 aromatic carbocycles. The van der Waals surface area contributed by atoms with Gasteiger partial charge in [-0.2, -0.15) is 0 Å². The van der Waals surface area contributed by atoms with Crippen LogP contribution in [0.2, 0.25) is 0 Å². The minimum absolute atomic E-state index is 0.122. The SMILES string of the molecule is CCOC(=O)c1ccc(-c2ccc(C3(CC(=O)OC(C)(C)C)CCCC3)cc2)cc1.CCOC(=O)c1ccc(-c2ccc(C3(N)CCCC3)cc2)cc1.II.I[I-]I. The Labute approximate surface area is 398 Å². The number of hydrogen-bond acceptors (Lipinski definition) is 7. The first-order valence-corrected chi connectivity index (χ1v) is 38.4. The fourth-order valence-corrected chi connectivity index (χ4v) is 7.60. The van der Waals surface area contributed by atoms with Crippen molar-refractivity contribution in [2.75, 3.05) is 13.2 Å². The standard InChI is InChI=1S/C26H32O4.C20H23NO2.I3.I2/c1-5-29-24(28)21-10-8-19(9-11-21)20-12-14-22(15-13-20)26(16-6-7-17-26)18-23(27)30-25(2,3)4;1-2-23-19(22)17-7-5-15(6-8-17)16-9-11-18(12-10-16)20(21)13-3-4-14-20;1-3-2;1-2/h8-15H,5-7,16-18H2,1-4H3;5-12H,2-4,13-14,21H2,1H3;;/q;;-1;. The van der Waals surface area contributed by atoms with E-state index < -0.39 is 5.60 Å². The summed E-state index contributed by atoms with van der Waals surface area (Å²) in [5.41, 5.74) is 13.7. The molecule has 0 heterocycles. The summed E-state index contributed by atoms with van der Waals surface area (Å²) >= 11 is 9.54. The molecule has 12 heteroatoms. The van der Waals surface area contributed by atoms with E-state index in [2.05, 4.69) is 123 Å². The van der Waals surface area contributed by atoms with Gasteiger partial charge in [0.1, 0.15) is 5.60 Å². The number of halogens is 5. The minimum atomic E-state index is -0.462. The third-order valence-corrected chi connectivity index (χ3v) is 10.4. The molecule has 58 heavy (non-hydrogen) atoms. The molecule has 0 aromatic heterocycles. The van der Waals surface area contributed by atoms with Crippen LogP contribution < -0.4 is 19.0 Å². The summed E-state index contributed by atoms with van der Waals surface area (Å²) in [5.74, 6) is -0.701. The van der Waals surface area contributed by atoms with E-state index in [9.17, 15) is 14.4 Å². The van der Waals surface area contributed by atoms with Crippen molar-refractivity contribution in [1.29, 1.82) is 0 Å². The average molecular weight is 1350 g/mol. The molecule has 4 aromatic rings. The second kappa shape index (κ2) is 25.7. The Morgan fingerprint density at radius 1 is 0.603 bits per heavy atom. The topological polar surface area (TPSA) is 105 Å². The maximum absolute atomic E-state index is 12.6. The molecule has 0 radical (unpaired) electrons. The average Bonchev–Trinajstić information content (AvgIpc) is 3.89. The van der Waals surface area contributed by atoms with Crippen molar-refractivity contribution in [2.45, 2.75) is 109 Å². The van der Waals surface area contributed by atoms with Gasteiger partial charge in [-0.25, -0.2) is 9.59 Å². The Kier molecular flexibility index (Phi) is 22.7. The zero-order valence-corrected chi connectivity index (χ0v) is 44.7. The number of hydrogen-bond donors (Lipinski definition) is 1. The van der Waals surface area contributed by atoms with E-state index in [1.807, 2.05) is 64.1 Å². The monoisotopic (exact) mass is 1350 g/mol. The van der Waals surface area contributed by atoms with Crippen LogP contribution in [0.4, 0.5) is 0 Å². The first-order chi connectivity index (χ1) is 27.8. The molecule has 2 fully saturated rings. The third-order valence-electron chi connectivity index (χ3n) is 10.4. The van der Waals surface area contributed by atoms with Crippen LogP contribution in [0.25, 0.3) is 22.3 Å². The first kappa shape index (κ1) is 51.3. The Morgan fingerprint density at radius 2 is 0.931 bits per heavy atom. The molecule has 316 valence electrons. The molecule has 2 aliphatic rings. The summed E-state index contributed by atoms with van der Waals surface area (Å²) in [5, 5.41) is 0. The molecule has 0 atom stereocenters. The molecule has 0 unspecified atom stereocenters. The molecule has 0 saturated heterocycles. The second-order valence-electron chi connectivity index (χ2n) is 15.4. The Bertz CT molecular complexity index is 1850. The van der Waals surface area contributed by atoms with Gasteiger partial charge >= 0.3 is 68.4 Å². The second-order valence-corrected chi connectivity index (χ2v) is 31.7. The quantitative estimate of drug-likeness (QED) is 0.0958. The molecule has 0 amide bonds. The van der Waals surface area contributed by atoms with Gasteiger partial charge in [-0.1, -0.05) is 98.5 Å². The Morgan fingerprint density at radius 3 is 1.28 bits per heavy atom. The van der Waals surface area contributed by atoms with Crippen LogP contribution >= 0.6 is 74.5 Å². The summed E-state index contributed by atoms with van der Waals surface area (Å²) in [4.78, 5) is 36.1. The van der Waals surface area contributed by atoms with E-state index in [4.69, 9.17) is 19.9 Å². The maximum atomic E-state index is 12.6. The molecule has 2 aliphatic carbocycles. The summed E-state index contributed by atoms with van der Waals surface area (Å²) in [6.45, 7) is 10.1. The first-order valence-electron chi connectivity index (χ1n) is 19.5. The van der Waals surface area contributed by atoms with Crippen LogP contribution in [0.15, 0.2) is 97.1 Å². The molecular formula is C46H55I5NO6-. The van der Waals surface area contributed by atoms with E-state index in [1.54, 1.807) is 19.1 Å². The van der Waals surface area contributed by atoms with Crippen LogP contribution in [-0.2, 0) is 30.0 Å². The predicted octanol–water partition coefficient (Wildman–Crippen LogP) is 10.9. The van der Waals surface area contributed by atoms with Gasteiger partial charge in [0.15, 0.2) is 0 Å². The predicted molar refractivity (Wildman–Crippen MR) is 267 cm³/mol. The molecule has 2 N–H and O–H groups in total. The molecule has 6 rings (SSSR count). The van der Waals surface area contributed by atoms with Gasteiger partial charge in [0.05, 0.1) is 30.8 Å². The van der Waals surface area contributed by atoms with E-state index >= 15 is 0 Å². The van der Waals surface area contributed by atoms with Crippen molar-refractivity contribution in [3.8, 4) is 22.3 Å². The summed E-state index contributed by atoms with van der Waals surface area (Å²) < 4.78 is 15.7. The molecule has 0 spiro atoms. The number of esters is 3. The van der Waals surface area contributed by atoms with Crippen LogP contribution in [0, 0.1) is 0 Å². The normalized spacial score (nSPS) is 15.0. The van der Waals surface area contributed by atoms with E-state index in [0.29, 0.717) is 44.0 Å². The van der Waals surface area contributed by atoms with E-state index in [1.165, 1.54) is 24.0 Å². The van der Waals surface area contributed by atoms with Crippen molar-refractivity contribution in [3.05, 3.63) is 119 Å². The van der Waals surface area contributed by atoms with Crippen molar-refractivity contribution in [2.24, 2.45) is 5.73 Å². The number of rotatable bonds is 10. The van der Waals surface area contributed by atoms with Gasteiger partial charge in [0.2, 0.25) is 0 Å². The Hall–Kier alpha value is -1.10. The molecule has 0 bridgehead atoms. The number of carbonyl (C=O) groups excluding carboxylic acids is 3. The fourth-order valence-electron chi connectivity index (χ4n) is 7.60. The molecule has 0 aliphatic heterocycles. The van der Waals surface area contributed by atoms with E-state index in [-0.39, 0.29) is 28.9 Å². The molecule has 2 saturated carbocycles. The van der Waals surface area contributed by atoms with Crippen molar-refractivity contribution < 1.29 is 41.8 Å². The van der Waals surface area contributed by atoms with Crippen LogP contribution in [-0.4, -0.2) is 36.7 Å². The van der Waals surface area contributed by atoms with Gasteiger partial charge in [0, 0.05) is 48.2 Å².